The van der Waals surface area contributed by atoms with Gasteiger partial charge in [-0.15, -0.1) is 0 Å². The average Bonchev–Trinajstić information content (AvgIpc) is 3.17. The lowest BCUT2D eigenvalue weighted by atomic mass is 10.2. The SMILES string of the molecule is N#Cc1ccc(-n2cccc2CN2CCN(c3ccccc3)CC2)cc1. The molecule has 0 atom stereocenters. The Balaban J connectivity index is 1.41. The maximum Gasteiger partial charge on any atom is 0.0991 e. The molecule has 4 nitrogen and oxygen atoms in total. The molecule has 1 aromatic heterocycles. The quantitative estimate of drug-likeness (QED) is 0.726. The molecule has 0 unspecified atom stereocenters. The van der Waals surface area contributed by atoms with Crippen molar-refractivity contribution in [1.29, 1.82) is 5.26 Å². The number of piperazine rings is 1. The van der Waals surface area contributed by atoms with Crippen molar-refractivity contribution in [3.63, 3.8) is 0 Å². The highest BCUT2D eigenvalue weighted by Crippen LogP contribution is 2.19. The third-order valence-electron chi connectivity index (χ3n) is 4.99. The van der Waals surface area contributed by atoms with Crippen molar-refractivity contribution in [3.05, 3.63) is 84.2 Å². The van der Waals surface area contributed by atoms with E-state index >= 15 is 0 Å². The summed E-state index contributed by atoms with van der Waals surface area (Å²) in [6.07, 6.45) is 2.09. The predicted molar refractivity (Wildman–Crippen MR) is 104 cm³/mol. The van der Waals surface area contributed by atoms with Crippen molar-refractivity contribution in [1.82, 2.24) is 9.47 Å². The van der Waals surface area contributed by atoms with Crippen LogP contribution in [0.4, 0.5) is 5.69 Å². The lowest BCUT2D eigenvalue weighted by Crippen LogP contribution is -2.46. The molecule has 1 fully saturated rings. The minimum atomic E-state index is 0.694. The second kappa shape index (κ2) is 7.47. The lowest BCUT2D eigenvalue weighted by Gasteiger charge is -2.36. The molecule has 0 spiro atoms. The number of hydrogen-bond donors (Lipinski definition) is 0. The minimum absolute atomic E-state index is 0.694. The van der Waals surface area contributed by atoms with Crippen LogP contribution < -0.4 is 4.90 Å². The Morgan fingerprint density at radius 3 is 2.19 bits per heavy atom. The van der Waals surface area contributed by atoms with Gasteiger partial charge < -0.3 is 9.47 Å². The monoisotopic (exact) mass is 342 g/mol. The Hall–Kier alpha value is -3.03. The molecule has 1 aliphatic heterocycles. The minimum Gasteiger partial charge on any atom is -0.369 e. The molecule has 0 radical (unpaired) electrons. The highest BCUT2D eigenvalue weighted by atomic mass is 15.3. The van der Waals surface area contributed by atoms with Gasteiger partial charge in [0.1, 0.15) is 0 Å². The average molecular weight is 342 g/mol. The molecule has 0 bridgehead atoms. The largest absolute Gasteiger partial charge is 0.369 e. The molecule has 4 rings (SSSR count). The van der Waals surface area contributed by atoms with Crippen molar-refractivity contribution in [2.75, 3.05) is 31.1 Å². The number of rotatable bonds is 4. The molecular weight excluding hydrogens is 320 g/mol. The van der Waals surface area contributed by atoms with Gasteiger partial charge in [0.05, 0.1) is 11.6 Å². The van der Waals surface area contributed by atoms with Gasteiger partial charge in [0, 0.05) is 56.0 Å². The number of anilines is 1. The van der Waals surface area contributed by atoms with Crippen LogP contribution in [0.5, 0.6) is 0 Å². The van der Waals surface area contributed by atoms with Gasteiger partial charge in [0.2, 0.25) is 0 Å². The molecule has 26 heavy (non-hydrogen) atoms. The fourth-order valence-electron chi connectivity index (χ4n) is 3.53. The van der Waals surface area contributed by atoms with Gasteiger partial charge in [0.15, 0.2) is 0 Å². The zero-order chi connectivity index (χ0) is 17.8. The molecule has 1 saturated heterocycles. The normalized spacial score (nSPS) is 15.0. The summed E-state index contributed by atoms with van der Waals surface area (Å²) < 4.78 is 2.21. The number of hydrogen-bond acceptors (Lipinski definition) is 3. The van der Waals surface area contributed by atoms with Crippen LogP contribution in [0.3, 0.4) is 0 Å². The zero-order valence-electron chi connectivity index (χ0n) is 14.8. The van der Waals surface area contributed by atoms with Crippen LogP contribution in [0.25, 0.3) is 5.69 Å². The van der Waals surface area contributed by atoms with Crippen LogP contribution in [-0.2, 0) is 6.54 Å². The van der Waals surface area contributed by atoms with E-state index in [1.54, 1.807) is 0 Å². The first-order valence-corrected chi connectivity index (χ1v) is 9.02. The Labute approximate surface area is 154 Å². The summed E-state index contributed by atoms with van der Waals surface area (Å²) in [6.45, 7) is 5.18. The van der Waals surface area contributed by atoms with E-state index in [2.05, 4.69) is 69.1 Å². The molecule has 2 heterocycles. The third-order valence-corrected chi connectivity index (χ3v) is 4.99. The third kappa shape index (κ3) is 3.49. The zero-order valence-corrected chi connectivity index (χ0v) is 14.8. The Kier molecular flexibility index (Phi) is 4.72. The van der Waals surface area contributed by atoms with E-state index in [1.165, 1.54) is 11.4 Å². The molecule has 4 heteroatoms. The topological polar surface area (TPSA) is 35.2 Å². The number of para-hydroxylation sites is 1. The molecule has 3 aromatic rings. The summed E-state index contributed by atoms with van der Waals surface area (Å²) in [5.74, 6) is 0. The fraction of sp³-hybridized carbons (Fsp3) is 0.227. The van der Waals surface area contributed by atoms with E-state index in [9.17, 15) is 0 Å². The molecule has 0 N–H and O–H groups in total. The van der Waals surface area contributed by atoms with Gasteiger partial charge in [-0.2, -0.15) is 5.26 Å². The Morgan fingerprint density at radius 1 is 0.769 bits per heavy atom. The van der Waals surface area contributed by atoms with E-state index in [4.69, 9.17) is 5.26 Å². The molecule has 0 saturated carbocycles. The van der Waals surface area contributed by atoms with Gasteiger partial charge in [-0.05, 0) is 48.5 Å². The van der Waals surface area contributed by atoms with Crippen molar-refractivity contribution >= 4 is 5.69 Å². The van der Waals surface area contributed by atoms with E-state index < -0.39 is 0 Å². The Morgan fingerprint density at radius 2 is 1.50 bits per heavy atom. The maximum absolute atomic E-state index is 8.97. The van der Waals surface area contributed by atoms with Crippen LogP contribution in [0, 0.1) is 11.3 Å². The van der Waals surface area contributed by atoms with Crippen LogP contribution in [-0.4, -0.2) is 35.6 Å². The van der Waals surface area contributed by atoms with Crippen molar-refractivity contribution in [3.8, 4) is 11.8 Å². The molecule has 1 aliphatic rings. The lowest BCUT2D eigenvalue weighted by molar-refractivity contribution is 0.246. The smallest absolute Gasteiger partial charge is 0.0991 e. The van der Waals surface area contributed by atoms with E-state index in [1.807, 2.05) is 24.3 Å². The first-order valence-electron chi connectivity index (χ1n) is 9.02. The van der Waals surface area contributed by atoms with Crippen LogP contribution in [0.2, 0.25) is 0 Å². The van der Waals surface area contributed by atoms with E-state index in [0.717, 1.165) is 38.4 Å². The predicted octanol–water partition coefficient (Wildman–Crippen LogP) is 3.67. The van der Waals surface area contributed by atoms with E-state index in [0.29, 0.717) is 5.56 Å². The molecular formula is C22H22N4. The maximum atomic E-state index is 8.97. The van der Waals surface area contributed by atoms with Crippen molar-refractivity contribution < 1.29 is 0 Å². The van der Waals surface area contributed by atoms with Gasteiger partial charge >= 0.3 is 0 Å². The summed E-state index contributed by atoms with van der Waals surface area (Å²) in [4.78, 5) is 4.96. The summed E-state index contributed by atoms with van der Waals surface area (Å²) >= 11 is 0. The summed E-state index contributed by atoms with van der Waals surface area (Å²) in [7, 11) is 0. The molecule has 2 aromatic carbocycles. The summed E-state index contributed by atoms with van der Waals surface area (Å²) in [5.41, 5.74) is 4.39. The summed E-state index contributed by atoms with van der Waals surface area (Å²) in [5, 5.41) is 8.97. The highest BCUT2D eigenvalue weighted by molar-refractivity contribution is 5.46. The van der Waals surface area contributed by atoms with Gasteiger partial charge in [-0.25, -0.2) is 0 Å². The standard InChI is InChI=1S/C22H22N4/c23-17-19-8-10-21(11-9-19)26-12-4-7-22(26)18-24-13-15-25(16-14-24)20-5-2-1-3-6-20/h1-12H,13-16,18H2. The van der Waals surface area contributed by atoms with Crippen LogP contribution >= 0.6 is 0 Å². The van der Waals surface area contributed by atoms with Crippen LogP contribution in [0.15, 0.2) is 72.9 Å². The first kappa shape index (κ1) is 16.4. The summed E-state index contributed by atoms with van der Waals surface area (Å²) in [6, 6.07) is 24.9. The number of nitriles is 1. The Bertz CT molecular complexity index is 882. The second-order valence-electron chi connectivity index (χ2n) is 6.63. The number of benzene rings is 2. The van der Waals surface area contributed by atoms with Crippen LogP contribution in [0.1, 0.15) is 11.3 Å². The number of aromatic nitrogens is 1. The van der Waals surface area contributed by atoms with Gasteiger partial charge in [0.25, 0.3) is 0 Å². The molecule has 0 aliphatic carbocycles. The highest BCUT2D eigenvalue weighted by Gasteiger charge is 2.18. The fourth-order valence-corrected chi connectivity index (χ4v) is 3.53. The van der Waals surface area contributed by atoms with Gasteiger partial charge in [-0.3, -0.25) is 4.90 Å². The molecule has 130 valence electrons. The van der Waals surface area contributed by atoms with Gasteiger partial charge in [-0.1, -0.05) is 18.2 Å². The first-order chi connectivity index (χ1) is 12.8. The second-order valence-corrected chi connectivity index (χ2v) is 6.63. The molecule has 0 amide bonds. The van der Waals surface area contributed by atoms with Crippen molar-refractivity contribution in [2.24, 2.45) is 0 Å². The number of nitrogens with zero attached hydrogens (tertiary/aromatic N) is 4. The van der Waals surface area contributed by atoms with Crippen molar-refractivity contribution in [2.45, 2.75) is 6.54 Å². The van der Waals surface area contributed by atoms with E-state index in [-0.39, 0.29) is 0 Å².